The van der Waals surface area contributed by atoms with Crippen LogP contribution in [0.3, 0.4) is 0 Å². The minimum atomic E-state index is -0.903. The number of thiophene rings is 1. The number of hydrogen-bond acceptors (Lipinski definition) is 6. The number of amides is 3. The highest BCUT2D eigenvalue weighted by Gasteiger charge is 2.55. The van der Waals surface area contributed by atoms with Gasteiger partial charge in [0.05, 0.1) is 4.88 Å². The molecule has 2 heterocycles. The van der Waals surface area contributed by atoms with E-state index in [4.69, 9.17) is 4.74 Å². The maximum atomic E-state index is 12.8. The average molecular weight is 378 g/mol. The highest BCUT2D eigenvalue weighted by Crippen LogP contribution is 2.38. The lowest BCUT2D eigenvalue weighted by molar-refractivity contribution is -0.147. The van der Waals surface area contributed by atoms with E-state index < -0.39 is 30.7 Å². The smallest absolute Gasteiger partial charge is 0.326 e. The lowest BCUT2D eigenvalue weighted by atomic mass is 9.73. The molecule has 0 radical (unpaired) electrons. The molecular weight excluding hydrogens is 356 g/mol. The number of rotatable bonds is 5. The van der Waals surface area contributed by atoms with Crippen LogP contribution in [0.1, 0.15) is 47.2 Å². The summed E-state index contributed by atoms with van der Waals surface area (Å²) in [7, 11) is 0. The molecule has 7 nitrogen and oxygen atoms in total. The first-order chi connectivity index (χ1) is 12.3. The van der Waals surface area contributed by atoms with E-state index in [9.17, 15) is 19.2 Å². The van der Waals surface area contributed by atoms with Crippen LogP contribution in [0.25, 0.3) is 0 Å². The number of hydrogen-bond donors (Lipinski definition) is 1. The third kappa shape index (κ3) is 3.38. The predicted octanol–water partition coefficient (Wildman–Crippen LogP) is 2.28. The molecule has 1 saturated carbocycles. The van der Waals surface area contributed by atoms with Gasteiger partial charge in [0.15, 0.2) is 6.61 Å². The summed E-state index contributed by atoms with van der Waals surface area (Å²) >= 11 is 1.33. The Labute approximate surface area is 155 Å². The van der Waals surface area contributed by atoms with Crippen molar-refractivity contribution in [3.63, 3.8) is 0 Å². The second kappa shape index (κ2) is 7.19. The molecule has 140 valence electrons. The highest BCUT2D eigenvalue weighted by atomic mass is 32.1. The standard InChI is InChI=1S/C18H22N2O5S/c1-11-5-3-4-8-18(11)16(23)20(17(24)19-18)9-15(22)25-10-13(21)14-7-6-12(2)26-14/h6-7,11H,3-5,8-10H2,1-2H3,(H,19,24)/t11-,18-/m1/s1. The molecule has 0 aromatic carbocycles. The zero-order chi connectivity index (χ0) is 18.9. The van der Waals surface area contributed by atoms with Gasteiger partial charge in [0.25, 0.3) is 5.91 Å². The van der Waals surface area contributed by atoms with E-state index in [0.29, 0.717) is 11.3 Å². The summed E-state index contributed by atoms with van der Waals surface area (Å²) in [5.41, 5.74) is -0.903. The molecule has 1 aromatic rings. The van der Waals surface area contributed by atoms with Gasteiger partial charge in [-0.1, -0.05) is 19.8 Å². The van der Waals surface area contributed by atoms with Gasteiger partial charge in [0.2, 0.25) is 5.78 Å². The molecule has 1 aromatic heterocycles. The summed E-state index contributed by atoms with van der Waals surface area (Å²) < 4.78 is 4.97. The van der Waals surface area contributed by atoms with Gasteiger partial charge >= 0.3 is 12.0 Å². The Morgan fingerprint density at radius 1 is 1.35 bits per heavy atom. The van der Waals surface area contributed by atoms with Crippen molar-refractivity contribution in [2.24, 2.45) is 5.92 Å². The van der Waals surface area contributed by atoms with Crippen LogP contribution in [0.5, 0.6) is 0 Å². The van der Waals surface area contributed by atoms with Gasteiger partial charge in [-0.2, -0.15) is 0 Å². The lowest BCUT2D eigenvalue weighted by Crippen LogP contribution is -2.54. The van der Waals surface area contributed by atoms with Gasteiger partial charge in [-0.05, 0) is 37.8 Å². The summed E-state index contributed by atoms with van der Waals surface area (Å²) in [6.07, 6.45) is 3.33. The number of esters is 1. The fourth-order valence-corrected chi connectivity index (χ4v) is 4.41. The Morgan fingerprint density at radius 3 is 2.77 bits per heavy atom. The largest absolute Gasteiger partial charge is 0.456 e. The van der Waals surface area contributed by atoms with Crippen molar-refractivity contribution >= 4 is 35.0 Å². The van der Waals surface area contributed by atoms with Gasteiger partial charge < -0.3 is 10.1 Å². The molecular formula is C18H22N2O5S. The Morgan fingerprint density at radius 2 is 2.12 bits per heavy atom. The fraction of sp³-hybridized carbons (Fsp3) is 0.556. The van der Waals surface area contributed by atoms with E-state index >= 15 is 0 Å². The van der Waals surface area contributed by atoms with Crippen molar-refractivity contribution in [1.82, 2.24) is 10.2 Å². The zero-order valence-corrected chi connectivity index (χ0v) is 15.7. The molecule has 8 heteroatoms. The SMILES string of the molecule is Cc1ccc(C(=O)COC(=O)CN2C(=O)N[C@@]3(CCCC[C@H]3C)C2=O)s1. The number of carbonyl (C=O) groups excluding carboxylic acids is 4. The Balaban J connectivity index is 1.58. The third-order valence-corrected chi connectivity index (χ3v) is 6.21. The van der Waals surface area contributed by atoms with Crippen LogP contribution in [0.15, 0.2) is 12.1 Å². The first-order valence-electron chi connectivity index (χ1n) is 8.73. The lowest BCUT2D eigenvalue weighted by Gasteiger charge is -2.36. The van der Waals surface area contributed by atoms with E-state index in [2.05, 4.69) is 5.32 Å². The topological polar surface area (TPSA) is 92.8 Å². The zero-order valence-electron chi connectivity index (χ0n) is 14.9. The molecule has 26 heavy (non-hydrogen) atoms. The normalized spacial score (nSPS) is 25.5. The number of carbonyl (C=O) groups is 4. The molecule has 0 unspecified atom stereocenters. The van der Waals surface area contributed by atoms with Crippen LogP contribution < -0.4 is 5.32 Å². The highest BCUT2D eigenvalue weighted by molar-refractivity contribution is 7.14. The second-order valence-corrected chi connectivity index (χ2v) is 8.22. The maximum absolute atomic E-state index is 12.8. The van der Waals surface area contributed by atoms with Gasteiger partial charge in [-0.3, -0.25) is 19.3 Å². The molecule has 0 bridgehead atoms. The minimum absolute atomic E-state index is 0.0253. The number of ketones is 1. The number of urea groups is 1. The first-order valence-corrected chi connectivity index (χ1v) is 9.54. The fourth-order valence-electron chi connectivity index (χ4n) is 3.62. The van der Waals surface area contributed by atoms with Crippen LogP contribution in [0.4, 0.5) is 4.79 Å². The molecule has 3 amide bonds. The van der Waals surface area contributed by atoms with Crippen molar-refractivity contribution in [2.45, 2.75) is 45.1 Å². The molecule has 2 atom stereocenters. The van der Waals surface area contributed by atoms with Crippen molar-refractivity contribution in [3.05, 3.63) is 21.9 Å². The van der Waals surface area contributed by atoms with E-state index in [-0.39, 0.29) is 17.6 Å². The van der Waals surface area contributed by atoms with Crippen LogP contribution in [0.2, 0.25) is 0 Å². The Hall–Kier alpha value is -2.22. The number of nitrogens with one attached hydrogen (secondary N) is 1. The molecule has 2 aliphatic rings. The molecule has 1 aliphatic heterocycles. The van der Waals surface area contributed by atoms with Gasteiger partial charge in [-0.15, -0.1) is 11.3 Å². The van der Waals surface area contributed by atoms with E-state index in [1.165, 1.54) is 11.3 Å². The molecule has 3 rings (SSSR count). The monoisotopic (exact) mass is 378 g/mol. The Bertz CT molecular complexity index is 759. The van der Waals surface area contributed by atoms with E-state index in [1.807, 2.05) is 19.9 Å². The number of aryl methyl sites for hydroxylation is 1. The van der Waals surface area contributed by atoms with Crippen molar-refractivity contribution in [3.8, 4) is 0 Å². The number of Topliss-reactive ketones (excluding diaryl/α,β-unsaturated/α-hetero) is 1. The van der Waals surface area contributed by atoms with Crippen LogP contribution in [0, 0.1) is 12.8 Å². The molecule has 1 N–H and O–H groups in total. The minimum Gasteiger partial charge on any atom is -0.456 e. The Kier molecular flexibility index (Phi) is 5.13. The van der Waals surface area contributed by atoms with Gasteiger partial charge in [-0.25, -0.2) is 4.79 Å². The maximum Gasteiger partial charge on any atom is 0.326 e. The number of imide groups is 1. The van der Waals surface area contributed by atoms with Crippen molar-refractivity contribution in [1.29, 1.82) is 0 Å². The van der Waals surface area contributed by atoms with E-state index in [1.54, 1.807) is 6.07 Å². The van der Waals surface area contributed by atoms with Crippen LogP contribution in [-0.2, 0) is 14.3 Å². The predicted molar refractivity (Wildman–Crippen MR) is 95.0 cm³/mol. The summed E-state index contributed by atoms with van der Waals surface area (Å²) in [5, 5.41) is 2.78. The summed E-state index contributed by atoms with van der Waals surface area (Å²) in [4.78, 5) is 51.4. The quantitative estimate of drug-likeness (QED) is 0.482. The second-order valence-electron chi connectivity index (χ2n) is 6.93. The van der Waals surface area contributed by atoms with Gasteiger partial charge in [0, 0.05) is 4.88 Å². The summed E-state index contributed by atoms with van der Waals surface area (Å²) in [6.45, 7) is 2.95. The summed E-state index contributed by atoms with van der Waals surface area (Å²) in [5.74, 6) is -1.41. The third-order valence-electron chi connectivity index (χ3n) is 5.17. The molecule has 1 saturated heterocycles. The van der Waals surface area contributed by atoms with Crippen molar-refractivity contribution in [2.75, 3.05) is 13.2 Å². The van der Waals surface area contributed by atoms with Crippen LogP contribution >= 0.6 is 11.3 Å². The van der Waals surface area contributed by atoms with E-state index in [0.717, 1.165) is 29.0 Å². The summed E-state index contributed by atoms with van der Waals surface area (Å²) in [6, 6.07) is 2.93. The van der Waals surface area contributed by atoms with Crippen LogP contribution in [-0.4, -0.2) is 47.3 Å². The van der Waals surface area contributed by atoms with Crippen molar-refractivity contribution < 1.29 is 23.9 Å². The number of nitrogens with zero attached hydrogens (tertiary/aromatic N) is 1. The average Bonchev–Trinajstić information content (AvgIpc) is 3.13. The molecule has 2 fully saturated rings. The molecule has 1 spiro atoms. The number of ether oxygens (including phenoxy) is 1. The van der Waals surface area contributed by atoms with Gasteiger partial charge in [0.1, 0.15) is 12.1 Å². The molecule has 1 aliphatic carbocycles. The first kappa shape index (κ1) is 18.6.